The van der Waals surface area contributed by atoms with Crippen molar-refractivity contribution in [3.05, 3.63) is 64.7 Å². The molecule has 2 heterocycles. The molecule has 4 rings (SSSR count). The van der Waals surface area contributed by atoms with Gasteiger partial charge in [-0.2, -0.15) is 47.1 Å². The van der Waals surface area contributed by atoms with Gasteiger partial charge in [-0.3, -0.25) is 0 Å². The van der Waals surface area contributed by atoms with Crippen LogP contribution in [0.3, 0.4) is 0 Å². The molecule has 0 fully saturated rings. The van der Waals surface area contributed by atoms with Crippen LogP contribution in [0.2, 0.25) is 20.1 Å². The lowest BCUT2D eigenvalue weighted by Gasteiger charge is -2.10. The lowest BCUT2D eigenvalue weighted by molar-refractivity contribution is -0.0336. The predicted octanol–water partition coefficient (Wildman–Crippen LogP) is 10.0. The van der Waals surface area contributed by atoms with Gasteiger partial charge in [-0.05, 0) is 47.8 Å². The normalized spacial score (nSPS) is 11.5. The quantitative estimate of drug-likeness (QED) is 0.153. The van der Waals surface area contributed by atoms with Gasteiger partial charge in [-0.1, -0.05) is 78.3 Å². The topological polar surface area (TPSA) is 135 Å². The van der Waals surface area contributed by atoms with Gasteiger partial charge in [-0.15, -0.1) is 0 Å². The highest BCUT2D eigenvalue weighted by Crippen LogP contribution is 2.45. The fourth-order valence-corrected chi connectivity index (χ4v) is 7.18. The molecule has 0 amide bonds. The number of benzene rings is 2. The van der Waals surface area contributed by atoms with Crippen molar-refractivity contribution in [2.75, 3.05) is 11.5 Å². The number of alkyl halides is 6. The van der Waals surface area contributed by atoms with Gasteiger partial charge in [0.25, 0.3) is 0 Å². The molecule has 4 aromatic rings. The second-order valence-corrected chi connectivity index (χ2v) is 13.3. The van der Waals surface area contributed by atoms with Gasteiger partial charge in [0, 0.05) is 8.95 Å². The van der Waals surface area contributed by atoms with Crippen molar-refractivity contribution >= 4 is 113 Å². The summed E-state index contributed by atoms with van der Waals surface area (Å²) in [5.74, 6) is -0.741. The molecule has 0 aliphatic carbocycles. The van der Waals surface area contributed by atoms with E-state index in [0.717, 1.165) is 9.36 Å². The number of nitrogen functional groups attached to an aromatic ring is 2. The molecule has 0 atom stereocenters. The van der Waals surface area contributed by atoms with Crippen LogP contribution in [0.15, 0.2) is 43.0 Å². The molecule has 0 radical (unpaired) electrons. The monoisotopic (exact) mass is 860 g/mol. The van der Waals surface area contributed by atoms with Gasteiger partial charge < -0.3 is 11.5 Å². The number of nitriles is 2. The Hall–Kier alpha value is -2.16. The van der Waals surface area contributed by atoms with Gasteiger partial charge in [-0.25, -0.2) is 9.36 Å². The van der Waals surface area contributed by atoms with E-state index in [-0.39, 0.29) is 43.1 Å². The second kappa shape index (κ2) is 14.1. The van der Waals surface area contributed by atoms with E-state index in [1.165, 1.54) is 24.3 Å². The first-order valence-corrected chi connectivity index (χ1v) is 15.4. The van der Waals surface area contributed by atoms with Crippen molar-refractivity contribution in [2.24, 2.45) is 0 Å². The van der Waals surface area contributed by atoms with Crippen molar-refractivity contribution in [3.8, 4) is 23.5 Å². The lowest BCUT2D eigenvalue weighted by atomic mass is 10.3. The zero-order chi connectivity index (χ0) is 33.3. The number of rotatable bonds is 4. The van der Waals surface area contributed by atoms with Crippen LogP contribution in [0.4, 0.5) is 38.0 Å². The lowest BCUT2D eigenvalue weighted by Crippen LogP contribution is -2.05. The van der Waals surface area contributed by atoms with E-state index in [1.807, 2.05) is 0 Å². The molecule has 44 heavy (non-hydrogen) atoms. The SMILES string of the molecule is N#Cc1nn(-c2c(Cl)cc(Br)cc2Cl)c(N)c1SC(F)(F)F.N#Cc1nn(-c2c(Cl)cc(Br)cc2Cl)c(N)c1SC(F)(F)F. The summed E-state index contributed by atoms with van der Waals surface area (Å²) in [5, 5.41) is 25.9. The summed E-state index contributed by atoms with van der Waals surface area (Å²) in [6, 6.07) is 9.06. The third-order valence-electron chi connectivity index (χ3n) is 4.79. The molecule has 2 aromatic heterocycles. The third kappa shape index (κ3) is 8.55. The first kappa shape index (κ1) is 36.3. The van der Waals surface area contributed by atoms with Crippen molar-refractivity contribution in [1.29, 1.82) is 10.5 Å². The predicted molar refractivity (Wildman–Crippen MR) is 165 cm³/mol. The Morgan fingerprint density at radius 2 is 0.932 bits per heavy atom. The number of hydrogen-bond donors (Lipinski definition) is 2. The Morgan fingerprint density at radius 1 is 0.659 bits per heavy atom. The average Bonchev–Trinajstić information content (AvgIpc) is 3.32. The Kier molecular flexibility index (Phi) is 11.6. The molecular weight excluding hydrogens is 856 g/mol. The third-order valence-corrected chi connectivity index (χ3v) is 8.53. The molecule has 4 N–H and O–H groups in total. The largest absolute Gasteiger partial charge is 0.446 e. The summed E-state index contributed by atoms with van der Waals surface area (Å²) >= 11 is 29.5. The highest BCUT2D eigenvalue weighted by Gasteiger charge is 2.35. The van der Waals surface area contributed by atoms with Gasteiger partial charge >= 0.3 is 11.0 Å². The summed E-state index contributed by atoms with van der Waals surface area (Å²) in [5.41, 5.74) is 1.43. The van der Waals surface area contributed by atoms with E-state index < -0.39 is 55.7 Å². The van der Waals surface area contributed by atoms with Crippen LogP contribution in [0.25, 0.3) is 11.4 Å². The molecule has 0 saturated carbocycles. The van der Waals surface area contributed by atoms with Gasteiger partial charge in [0.1, 0.15) is 35.1 Å². The van der Waals surface area contributed by atoms with E-state index >= 15 is 0 Å². The Bertz CT molecular complexity index is 1660. The minimum absolute atomic E-state index is 0.0922. The number of hydrogen-bond acceptors (Lipinski definition) is 8. The van der Waals surface area contributed by atoms with Crippen molar-refractivity contribution in [3.63, 3.8) is 0 Å². The first-order chi connectivity index (χ1) is 20.3. The Balaban J connectivity index is 0.000000240. The van der Waals surface area contributed by atoms with E-state index in [1.54, 1.807) is 12.1 Å². The van der Waals surface area contributed by atoms with Crippen LogP contribution >= 0.6 is 102 Å². The fraction of sp³-hybridized carbons (Fsp3) is 0.0909. The number of anilines is 2. The van der Waals surface area contributed by atoms with Crippen LogP contribution in [0.5, 0.6) is 0 Å². The average molecular weight is 864 g/mol. The van der Waals surface area contributed by atoms with Crippen molar-refractivity contribution in [2.45, 2.75) is 20.8 Å². The summed E-state index contributed by atoms with van der Waals surface area (Å²) < 4.78 is 78.4. The van der Waals surface area contributed by atoms with E-state index in [4.69, 9.17) is 68.4 Å². The summed E-state index contributed by atoms with van der Waals surface area (Å²) in [6.45, 7) is 0. The smallest absolute Gasteiger partial charge is 0.383 e. The number of halogens is 12. The van der Waals surface area contributed by atoms with Gasteiger partial charge in [0.2, 0.25) is 0 Å². The maximum absolute atomic E-state index is 12.6. The van der Waals surface area contributed by atoms with Gasteiger partial charge in [0.15, 0.2) is 11.4 Å². The molecule has 0 bridgehead atoms. The minimum Gasteiger partial charge on any atom is -0.383 e. The molecule has 0 aliphatic rings. The Morgan fingerprint density at radius 3 is 1.16 bits per heavy atom. The molecular formula is C22H8Br2Cl4F6N8S2. The molecule has 0 unspecified atom stereocenters. The second-order valence-electron chi connectivity index (χ2n) is 7.70. The maximum atomic E-state index is 12.6. The maximum Gasteiger partial charge on any atom is 0.446 e. The van der Waals surface area contributed by atoms with Crippen LogP contribution < -0.4 is 11.5 Å². The molecule has 0 spiro atoms. The number of nitrogens with two attached hydrogens (primary N) is 2. The van der Waals surface area contributed by atoms with Crippen LogP contribution in [-0.4, -0.2) is 30.6 Å². The van der Waals surface area contributed by atoms with Gasteiger partial charge in [0.05, 0.1) is 29.9 Å². The zero-order valence-corrected chi connectivity index (χ0v) is 28.3. The highest BCUT2D eigenvalue weighted by molar-refractivity contribution is 9.10. The van der Waals surface area contributed by atoms with E-state index in [0.29, 0.717) is 8.95 Å². The molecule has 0 aliphatic heterocycles. The minimum atomic E-state index is -4.61. The number of nitrogens with zero attached hydrogens (tertiary/aromatic N) is 6. The molecule has 232 valence electrons. The molecule has 22 heteroatoms. The summed E-state index contributed by atoms with van der Waals surface area (Å²) in [4.78, 5) is -0.991. The summed E-state index contributed by atoms with van der Waals surface area (Å²) in [6.07, 6.45) is 0. The number of thioether (sulfide) groups is 2. The van der Waals surface area contributed by atoms with E-state index in [2.05, 4.69) is 42.1 Å². The van der Waals surface area contributed by atoms with Crippen LogP contribution in [0, 0.1) is 22.7 Å². The molecule has 0 saturated heterocycles. The van der Waals surface area contributed by atoms with E-state index in [9.17, 15) is 26.3 Å². The first-order valence-electron chi connectivity index (χ1n) is 10.7. The molecule has 8 nitrogen and oxygen atoms in total. The van der Waals surface area contributed by atoms with Crippen LogP contribution in [0.1, 0.15) is 11.4 Å². The van der Waals surface area contributed by atoms with Crippen LogP contribution in [-0.2, 0) is 0 Å². The Labute approximate surface area is 288 Å². The summed E-state index contributed by atoms with van der Waals surface area (Å²) in [7, 11) is 0. The fourth-order valence-electron chi connectivity index (χ4n) is 3.23. The van der Waals surface area contributed by atoms with Crippen molar-refractivity contribution < 1.29 is 26.3 Å². The zero-order valence-electron chi connectivity index (χ0n) is 20.5. The van der Waals surface area contributed by atoms with Crippen molar-refractivity contribution in [1.82, 2.24) is 19.6 Å². The standard InChI is InChI=1S/2C11H4BrCl2F3N4S/c2*12-4-1-5(13)8(6(14)2-4)21-10(19)9(7(3-18)20-21)22-11(15,16)17/h2*1-2H,19H2. The number of aromatic nitrogens is 4. The molecule has 2 aromatic carbocycles. The highest BCUT2D eigenvalue weighted by atomic mass is 79.9.